The number of fused-ring (bicyclic) bond motifs is 3. The highest BCUT2D eigenvalue weighted by Gasteiger charge is 2.53. The molecule has 1 fully saturated rings. The number of carbonyl (C=O) groups is 2. The smallest absolute Gasteiger partial charge is 0.246 e. The van der Waals surface area contributed by atoms with Crippen molar-refractivity contribution in [1.82, 2.24) is 30.0 Å². The zero-order valence-corrected chi connectivity index (χ0v) is 19.2. The van der Waals surface area contributed by atoms with E-state index in [1.54, 1.807) is 18.1 Å². The first-order valence-corrected chi connectivity index (χ1v) is 11.1. The number of carbonyl (C=O) groups excluding carboxylic acids is 2. The van der Waals surface area contributed by atoms with Gasteiger partial charge >= 0.3 is 0 Å². The SMILES string of the molecule is CC(=O)N(CC(=O)N(C)c1cnc2nc(-c3n[nH]c4c3C[C@@H]3C[C@]3(C)C4)[nH]c2c1)C(C)C. The van der Waals surface area contributed by atoms with Crippen molar-refractivity contribution in [3.8, 4) is 11.5 Å². The predicted molar refractivity (Wildman–Crippen MR) is 121 cm³/mol. The van der Waals surface area contributed by atoms with Crippen molar-refractivity contribution in [3.63, 3.8) is 0 Å². The Labute approximate surface area is 186 Å². The van der Waals surface area contributed by atoms with Crippen LogP contribution in [0.25, 0.3) is 22.7 Å². The van der Waals surface area contributed by atoms with Crippen LogP contribution in [0.5, 0.6) is 0 Å². The van der Waals surface area contributed by atoms with Gasteiger partial charge in [0.2, 0.25) is 11.8 Å². The first-order valence-electron chi connectivity index (χ1n) is 11.1. The van der Waals surface area contributed by atoms with Gasteiger partial charge in [-0.3, -0.25) is 14.7 Å². The molecule has 0 radical (unpaired) electrons. The molecule has 2 N–H and O–H groups in total. The molecule has 2 aliphatic rings. The topological polar surface area (TPSA) is 111 Å². The van der Waals surface area contributed by atoms with Crippen molar-refractivity contribution in [1.29, 1.82) is 0 Å². The van der Waals surface area contributed by atoms with Gasteiger partial charge in [0.05, 0.1) is 17.4 Å². The van der Waals surface area contributed by atoms with Crippen molar-refractivity contribution in [2.45, 2.75) is 53.0 Å². The van der Waals surface area contributed by atoms with Crippen LogP contribution < -0.4 is 4.90 Å². The van der Waals surface area contributed by atoms with E-state index >= 15 is 0 Å². The summed E-state index contributed by atoms with van der Waals surface area (Å²) in [7, 11) is 1.69. The highest BCUT2D eigenvalue weighted by Crippen LogP contribution is 2.59. The number of aromatic amines is 2. The summed E-state index contributed by atoms with van der Waals surface area (Å²) in [4.78, 5) is 40.1. The van der Waals surface area contributed by atoms with Gasteiger partial charge in [0, 0.05) is 31.3 Å². The van der Waals surface area contributed by atoms with E-state index in [1.807, 2.05) is 19.9 Å². The van der Waals surface area contributed by atoms with Gasteiger partial charge in [-0.15, -0.1) is 0 Å². The van der Waals surface area contributed by atoms with Gasteiger partial charge in [0.1, 0.15) is 12.2 Å². The molecule has 9 nitrogen and oxygen atoms in total. The van der Waals surface area contributed by atoms with E-state index in [0.29, 0.717) is 22.6 Å². The summed E-state index contributed by atoms with van der Waals surface area (Å²) in [5.41, 5.74) is 5.75. The number of H-pyrrole nitrogens is 2. The molecule has 5 rings (SSSR count). The second-order valence-electron chi connectivity index (χ2n) is 9.81. The van der Waals surface area contributed by atoms with Crippen molar-refractivity contribution in [2.75, 3.05) is 18.5 Å². The number of pyridine rings is 1. The molecule has 2 aliphatic carbocycles. The highest BCUT2D eigenvalue weighted by atomic mass is 16.2. The minimum atomic E-state index is -0.177. The molecule has 2 atom stereocenters. The molecular formula is C23H29N7O2. The van der Waals surface area contributed by atoms with Crippen LogP contribution in [0.1, 0.15) is 45.4 Å². The molecule has 3 heterocycles. The maximum absolute atomic E-state index is 12.8. The maximum atomic E-state index is 12.8. The summed E-state index contributed by atoms with van der Waals surface area (Å²) in [6, 6.07) is 1.82. The molecule has 0 spiro atoms. The average Bonchev–Trinajstić information content (AvgIpc) is 3.05. The summed E-state index contributed by atoms with van der Waals surface area (Å²) < 4.78 is 0. The van der Waals surface area contributed by atoms with E-state index in [9.17, 15) is 9.59 Å². The largest absolute Gasteiger partial charge is 0.335 e. The van der Waals surface area contributed by atoms with Crippen LogP contribution in [0.15, 0.2) is 12.3 Å². The fourth-order valence-electron chi connectivity index (χ4n) is 4.89. The number of hydrogen-bond donors (Lipinski definition) is 2. The quantitative estimate of drug-likeness (QED) is 0.640. The zero-order chi connectivity index (χ0) is 22.8. The Bertz CT molecular complexity index is 1230. The van der Waals surface area contributed by atoms with E-state index in [2.05, 4.69) is 32.1 Å². The first-order chi connectivity index (χ1) is 15.2. The van der Waals surface area contributed by atoms with Crippen LogP contribution in [0.3, 0.4) is 0 Å². The Kier molecular flexibility index (Phi) is 4.61. The number of anilines is 1. The molecule has 1 saturated carbocycles. The van der Waals surface area contributed by atoms with Gasteiger partial charge < -0.3 is 14.8 Å². The molecule has 9 heteroatoms. The minimum absolute atomic E-state index is 0.0231. The van der Waals surface area contributed by atoms with E-state index < -0.39 is 0 Å². The molecule has 0 bridgehead atoms. The Morgan fingerprint density at radius 3 is 2.84 bits per heavy atom. The summed E-state index contributed by atoms with van der Waals surface area (Å²) >= 11 is 0. The molecular weight excluding hydrogens is 406 g/mol. The Morgan fingerprint density at radius 1 is 1.34 bits per heavy atom. The molecule has 0 aliphatic heterocycles. The molecule has 2 amide bonds. The fraction of sp³-hybridized carbons (Fsp3) is 0.522. The Morgan fingerprint density at radius 2 is 2.12 bits per heavy atom. The van der Waals surface area contributed by atoms with Gasteiger partial charge in [-0.25, -0.2) is 9.97 Å². The van der Waals surface area contributed by atoms with Crippen LogP contribution in [0, 0.1) is 11.3 Å². The molecule has 168 valence electrons. The lowest BCUT2D eigenvalue weighted by Crippen LogP contribution is -2.44. The maximum Gasteiger partial charge on any atom is 0.246 e. The predicted octanol–water partition coefficient (Wildman–Crippen LogP) is 2.69. The molecule has 0 saturated heterocycles. The summed E-state index contributed by atoms with van der Waals surface area (Å²) in [5.74, 6) is 1.13. The summed E-state index contributed by atoms with van der Waals surface area (Å²) in [6.07, 6.45) is 4.99. The lowest BCUT2D eigenvalue weighted by Gasteiger charge is -2.27. The van der Waals surface area contributed by atoms with E-state index in [1.165, 1.54) is 29.5 Å². The van der Waals surface area contributed by atoms with Gasteiger partial charge in [-0.05, 0) is 50.5 Å². The third-order valence-electron chi connectivity index (χ3n) is 7.16. The molecule has 32 heavy (non-hydrogen) atoms. The number of aromatic nitrogens is 5. The minimum Gasteiger partial charge on any atom is -0.335 e. The zero-order valence-electron chi connectivity index (χ0n) is 19.2. The van der Waals surface area contributed by atoms with Crippen molar-refractivity contribution in [2.24, 2.45) is 11.3 Å². The third-order valence-corrected chi connectivity index (χ3v) is 7.16. The van der Waals surface area contributed by atoms with E-state index in [0.717, 1.165) is 30.0 Å². The normalized spacial score (nSPS) is 21.4. The number of hydrogen-bond acceptors (Lipinski definition) is 5. The van der Waals surface area contributed by atoms with Crippen molar-refractivity contribution in [3.05, 3.63) is 23.5 Å². The highest BCUT2D eigenvalue weighted by molar-refractivity contribution is 5.97. The summed E-state index contributed by atoms with van der Waals surface area (Å²) in [6.45, 7) is 7.64. The monoisotopic (exact) mass is 435 g/mol. The van der Waals surface area contributed by atoms with E-state index in [-0.39, 0.29) is 24.4 Å². The van der Waals surface area contributed by atoms with Crippen LogP contribution in [-0.2, 0) is 22.4 Å². The molecule has 0 unspecified atom stereocenters. The van der Waals surface area contributed by atoms with Crippen LogP contribution >= 0.6 is 0 Å². The van der Waals surface area contributed by atoms with Crippen LogP contribution in [0.4, 0.5) is 5.69 Å². The second kappa shape index (κ2) is 7.15. The second-order valence-corrected chi connectivity index (χ2v) is 9.81. The van der Waals surface area contributed by atoms with Gasteiger partial charge in [0.15, 0.2) is 11.5 Å². The average molecular weight is 436 g/mol. The van der Waals surface area contributed by atoms with Crippen molar-refractivity contribution < 1.29 is 9.59 Å². The lowest BCUT2D eigenvalue weighted by atomic mass is 9.88. The molecule has 0 aromatic carbocycles. The number of imidazole rings is 1. The van der Waals surface area contributed by atoms with Crippen molar-refractivity contribution >= 4 is 28.7 Å². The number of rotatable bonds is 5. The van der Waals surface area contributed by atoms with E-state index in [4.69, 9.17) is 0 Å². The van der Waals surface area contributed by atoms with Gasteiger partial charge in [0.25, 0.3) is 0 Å². The van der Waals surface area contributed by atoms with Crippen LogP contribution in [-0.4, -0.2) is 61.5 Å². The van der Waals surface area contributed by atoms with Crippen LogP contribution in [0.2, 0.25) is 0 Å². The standard InChI is InChI=1S/C23H29N7O2/c1-12(2)30(13(3)31)11-19(32)29(5)15-7-17-21(24-10-15)26-22(25-17)20-16-6-14-8-23(14,4)9-18(16)27-28-20/h7,10,12,14H,6,8-9,11H2,1-5H3,(H,27,28)(H,24,25,26)/t14-,23-/m1/s1. The summed E-state index contributed by atoms with van der Waals surface area (Å²) in [5, 5.41) is 7.77. The molecule has 3 aromatic heterocycles. The fourth-order valence-corrected chi connectivity index (χ4v) is 4.89. The Balaban J connectivity index is 1.39. The number of amides is 2. The molecule has 3 aromatic rings. The number of likely N-dealkylation sites (N-methyl/N-ethyl adjacent to an activating group) is 1. The van der Waals surface area contributed by atoms with Gasteiger partial charge in [-0.1, -0.05) is 6.92 Å². The first kappa shape index (κ1) is 20.7. The lowest BCUT2D eigenvalue weighted by molar-refractivity contribution is -0.135. The number of nitrogens with zero attached hydrogens (tertiary/aromatic N) is 5. The van der Waals surface area contributed by atoms with Gasteiger partial charge in [-0.2, -0.15) is 5.10 Å². The Hall–Kier alpha value is -3.23. The number of nitrogens with one attached hydrogen (secondary N) is 2. The third kappa shape index (κ3) is 3.36.